The fourth-order valence-electron chi connectivity index (χ4n) is 8.18. The molecular weight excluding hydrogens is 661 g/mol. The Balaban J connectivity index is 1.23. The van der Waals surface area contributed by atoms with Gasteiger partial charge >= 0.3 is 0 Å². The third-order valence-corrected chi connectivity index (χ3v) is 10.7. The van der Waals surface area contributed by atoms with Crippen molar-refractivity contribution >= 4 is 10.9 Å². The molecule has 0 bridgehead atoms. The van der Waals surface area contributed by atoms with Crippen LogP contribution in [0.2, 0.25) is 0 Å². The average molecular weight is 695 g/mol. The van der Waals surface area contributed by atoms with Crippen LogP contribution in [0.3, 0.4) is 0 Å². The lowest BCUT2D eigenvalue weighted by molar-refractivity contribution is 0.353. The number of hydrogen-bond acceptors (Lipinski definition) is 5. The van der Waals surface area contributed by atoms with E-state index in [9.17, 15) is 0 Å². The molecule has 0 radical (unpaired) electrons. The summed E-state index contributed by atoms with van der Waals surface area (Å²) in [4.78, 5) is 19.8. The third kappa shape index (κ3) is 5.32. The number of ether oxygens (including phenoxy) is 1. The number of benzene rings is 6. The van der Waals surface area contributed by atoms with E-state index in [0.717, 1.165) is 62.0 Å². The van der Waals surface area contributed by atoms with E-state index >= 15 is 0 Å². The first-order valence-electron chi connectivity index (χ1n) is 18.3. The second-order valence-corrected chi connectivity index (χ2v) is 13.7. The minimum atomic E-state index is -0.496. The molecule has 0 N–H and O–H groups in total. The molecule has 1 aliphatic heterocycles. The number of hydrogen-bond donors (Lipinski definition) is 0. The molecule has 54 heavy (non-hydrogen) atoms. The highest BCUT2D eigenvalue weighted by molar-refractivity contribution is 5.97. The van der Waals surface area contributed by atoms with E-state index in [0.29, 0.717) is 24.1 Å². The molecule has 5 nitrogen and oxygen atoms in total. The minimum absolute atomic E-state index is 0.496. The maximum absolute atomic E-state index is 6.47. The molecule has 0 fully saturated rings. The van der Waals surface area contributed by atoms with Crippen LogP contribution in [-0.2, 0) is 5.41 Å². The molecule has 6 aromatic carbocycles. The van der Waals surface area contributed by atoms with Gasteiger partial charge in [-0.05, 0) is 76.2 Å². The molecule has 5 heteroatoms. The van der Waals surface area contributed by atoms with E-state index in [4.69, 9.17) is 19.7 Å². The SMILES string of the molecule is C1=C\COc2ccccc2C2(C\C=C/1)c1ccc(-c3nc(-c4ccccc4)nc(-c4ccccc4)n3)cc1-c1cc(-c3cccc4ncccc34)ccc12. The molecule has 10 rings (SSSR count). The molecule has 8 aromatic rings. The molecule has 0 saturated carbocycles. The van der Waals surface area contributed by atoms with Gasteiger partial charge in [0.15, 0.2) is 17.5 Å². The largest absolute Gasteiger partial charge is 0.489 e. The molecule has 0 saturated heterocycles. The zero-order valence-corrected chi connectivity index (χ0v) is 29.4. The second kappa shape index (κ2) is 13.2. The van der Waals surface area contributed by atoms with Crippen LogP contribution >= 0.6 is 0 Å². The maximum Gasteiger partial charge on any atom is 0.164 e. The van der Waals surface area contributed by atoms with Gasteiger partial charge in [0.2, 0.25) is 0 Å². The van der Waals surface area contributed by atoms with Gasteiger partial charge in [-0.3, -0.25) is 4.98 Å². The van der Waals surface area contributed by atoms with Crippen molar-refractivity contribution in [2.45, 2.75) is 11.8 Å². The third-order valence-electron chi connectivity index (χ3n) is 10.7. The van der Waals surface area contributed by atoms with Crippen LogP contribution in [0.5, 0.6) is 5.75 Å². The standard InChI is InChI=1S/C49H34N4O/c1-2-12-30-54-45-23-10-9-21-43(45)49(28-11-1)41-26-24-35(37-19-13-22-44-38(37)20-14-29-50-44)31-39(41)40-32-36(25-27-42(40)49)48-52-46(33-15-5-3-6-16-33)51-47(53-48)34-17-7-4-8-18-34/h1-27,29,31-32H,28,30H2/b11-1-,12-2-. The molecule has 2 aliphatic rings. The lowest BCUT2D eigenvalue weighted by atomic mass is 9.69. The summed E-state index contributed by atoms with van der Waals surface area (Å²) in [7, 11) is 0. The Kier molecular flexibility index (Phi) is 7.76. The van der Waals surface area contributed by atoms with Gasteiger partial charge in [0.25, 0.3) is 0 Å². The van der Waals surface area contributed by atoms with Crippen LogP contribution in [0, 0.1) is 0 Å². The summed E-state index contributed by atoms with van der Waals surface area (Å²) in [6, 6.07) is 53.0. The predicted molar refractivity (Wildman–Crippen MR) is 217 cm³/mol. The number of fused-ring (bicyclic) bond motifs is 8. The van der Waals surface area contributed by atoms with Gasteiger partial charge in [-0.2, -0.15) is 0 Å². The summed E-state index contributed by atoms with van der Waals surface area (Å²) in [6.07, 6.45) is 11.2. The molecule has 1 spiro atoms. The van der Waals surface area contributed by atoms with Crippen molar-refractivity contribution in [2.75, 3.05) is 6.61 Å². The van der Waals surface area contributed by atoms with Crippen LogP contribution in [0.15, 0.2) is 182 Å². The summed E-state index contributed by atoms with van der Waals surface area (Å²) in [5.74, 6) is 2.80. The van der Waals surface area contributed by atoms with Gasteiger partial charge < -0.3 is 4.74 Å². The van der Waals surface area contributed by atoms with Gasteiger partial charge in [0.1, 0.15) is 12.4 Å². The number of aromatic nitrogens is 4. The quantitative estimate of drug-likeness (QED) is 0.183. The lowest BCUT2D eigenvalue weighted by Crippen LogP contribution is -2.27. The molecule has 3 heterocycles. The molecule has 0 amide bonds. The van der Waals surface area contributed by atoms with Gasteiger partial charge in [0.05, 0.1) is 10.9 Å². The smallest absolute Gasteiger partial charge is 0.164 e. The molecule has 1 aliphatic carbocycles. The predicted octanol–water partition coefficient (Wildman–Crippen LogP) is 11.3. The van der Waals surface area contributed by atoms with Gasteiger partial charge in [-0.25, -0.2) is 15.0 Å². The Morgan fingerprint density at radius 3 is 1.83 bits per heavy atom. The van der Waals surface area contributed by atoms with Crippen LogP contribution in [0.1, 0.15) is 23.1 Å². The highest BCUT2D eigenvalue weighted by atomic mass is 16.5. The normalized spacial score (nSPS) is 16.9. The van der Waals surface area contributed by atoms with E-state index in [1.54, 1.807) is 0 Å². The van der Waals surface area contributed by atoms with Crippen LogP contribution in [0.4, 0.5) is 0 Å². The van der Waals surface area contributed by atoms with Crippen molar-refractivity contribution in [2.24, 2.45) is 0 Å². The van der Waals surface area contributed by atoms with Crippen molar-refractivity contribution in [1.82, 2.24) is 19.9 Å². The Morgan fingerprint density at radius 2 is 1.09 bits per heavy atom. The first-order chi connectivity index (χ1) is 26.8. The van der Waals surface area contributed by atoms with Crippen LogP contribution in [0.25, 0.3) is 67.3 Å². The molecule has 2 aromatic heterocycles. The zero-order chi connectivity index (χ0) is 35.9. The van der Waals surface area contributed by atoms with E-state index in [-0.39, 0.29) is 0 Å². The summed E-state index contributed by atoms with van der Waals surface area (Å²) in [5.41, 5.74) is 11.5. The lowest BCUT2D eigenvalue weighted by Gasteiger charge is -2.34. The number of pyridine rings is 1. The highest BCUT2D eigenvalue weighted by Gasteiger charge is 2.46. The summed E-state index contributed by atoms with van der Waals surface area (Å²) in [6.45, 7) is 0.497. The number of allylic oxidation sites excluding steroid dienone is 3. The Labute approximate surface area is 314 Å². The van der Waals surface area contributed by atoms with Gasteiger partial charge in [0, 0.05) is 33.8 Å². The number of para-hydroxylation sites is 1. The Morgan fingerprint density at radius 1 is 0.463 bits per heavy atom. The summed E-state index contributed by atoms with van der Waals surface area (Å²) < 4.78 is 6.47. The fraction of sp³-hybridized carbons (Fsp3) is 0.0612. The van der Waals surface area contributed by atoms with Gasteiger partial charge in [-0.15, -0.1) is 0 Å². The van der Waals surface area contributed by atoms with E-state index in [1.165, 1.54) is 16.7 Å². The molecule has 1 unspecified atom stereocenters. The second-order valence-electron chi connectivity index (χ2n) is 13.7. The highest BCUT2D eigenvalue weighted by Crippen LogP contribution is 2.58. The fourth-order valence-corrected chi connectivity index (χ4v) is 8.18. The number of rotatable bonds is 4. The van der Waals surface area contributed by atoms with Crippen LogP contribution in [-0.4, -0.2) is 26.5 Å². The topological polar surface area (TPSA) is 60.8 Å². The van der Waals surface area contributed by atoms with Crippen molar-refractivity contribution in [3.8, 4) is 62.2 Å². The molecule has 256 valence electrons. The Bertz CT molecular complexity index is 2690. The van der Waals surface area contributed by atoms with Crippen molar-refractivity contribution in [1.29, 1.82) is 0 Å². The molecular formula is C49H34N4O. The van der Waals surface area contributed by atoms with Crippen LogP contribution < -0.4 is 4.74 Å². The summed E-state index contributed by atoms with van der Waals surface area (Å²) in [5, 5.41) is 1.13. The van der Waals surface area contributed by atoms with E-state index in [2.05, 4.69) is 114 Å². The molecule has 1 atom stereocenters. The van der Waals surface area contributed by atoms with Crippen molar-refractivity contribution in [3.05, 3.63) is 199 Å². The van der Waals surface area contributed by atoms with E-state index in [1.807, 2.05) is 72.9 Å². The van der Waals surface area contributed by atoms with Gasteiger partial charge in [-0.1, -0.05) is 140 Å². The zero-order valence-electron chi connectivity index (χ0n) is 29.4. The monoisotopic (exact) mass is 694 g/mol. The summed E-state index contributed by atoms with van der Waals surface area (Å²) >= 11 is 0. The van der Waals surface area contributed by atoms with Crippen molar-refractivity contribution in [3.63, 3.8) is 0 Å². The van der Waals surface area contributed by atoms with E-state index < -0.39 is 5.41 Å². The first kappa shape index (κ1) is 31.7. The Hall–Kier alpha value is -6.98. The number of nitrogens with zero attached hydrogens (tertiary/aromatic N) is 4. The maximum atomic E-state index is 6.47. The first-order valence-corrected chi connectivity index (χ1v) is 18.3. The van der Waals surface area contributed by atoms with Crippen molar-refractivity contribution < 1.29 is 4.74 Å². The minimum Gasteiger partial charge on any atom is -0.489 e. The average Bonchev–Trinajstić information content (AvgIpc) is 3.52.